The van der Waals surface area contributed by atoms with Crippen LogP contribution in [0.1, 0.15) is 21.5 Å². The standard InChI is InChI=1S/C19H18N2O5S/c20-13-15-4-6-16(7-5-15)14-26-19(22)17-2-1-3-18(12-17)27(23,24)21-8-10-25-11-9-21/h1-7,12H,8-11,14H2. The highest BCUT2D eigenvalue weighted by molar-refractivity contribution is 7.89. The number of hydrogen-bond acceptors (Lipinski definition) is 6. The van der Waals surface area contributed by atoms with Crippen LogP contribution in [0.4, 0.5) is 0 Å². The zero-order chi connectivity index (χ0) is 19.3. The highest BCUT2D eigenvalue weighted by atomic mass is 32.2. The van der Waals surface area contributed by atoms with Gasteiger partial charge in [-0.25, -0.2) is 13.2 Å². The van der Waals surface area contributed by atoms with E-state index in [-0.39, 0.29) is 30.2 Å². The summed E-state index contributed by atoms with van der Waals surface area (Å²) < 4.78 is 37.2. The van der Waals surface area contributed by atoms with E-state index in [9.17, 15) is 13.2 Å². The summed E-state index contributed by atoms with van der Waals surface area (Å²) in [6.07, 6.45) is 0. The van der Waals surface area contributed by atoms with Crippen molar-refractivity contribution in [3.63, 3.8) is 0 Å². The molecular weight excluding hydrogens is 368 g/mol. The maximum atomic E-state index is 12.7. The third-order valence-electron chi connectivity index (χ3n) is 4.13. The summed E-state index contributed by atoms with van der Waals surface area (Å²) in [6, 6.07) is 14.5. The van der Waals surface area contributed by atoms with Gasteiger partial charge in [0.1, 0.15) is 6.61 Å². The molecule has 7 nitrogen and oxygen atoms in total. The van der Waals surface area contributed by atoms with Gasteiger partial charge >= 0.3 is 5.97 Å². The first-order valence-electron chi connectivity index (χ1n) is 8.35. The van der Waals surface area contributed by atoms with Gasteiger partial charge in [0.15, 0.2) is 0 Å². The van der Waals surface area contributed by atoms with Crippen molar-refractivity contribution in [3.05, 3.63) is 65.2 Å². The van der Waals surface area contributed by atoms with Crippen molar-refractivity contribution in [1.82, 2.24) is 4.31 Å². The van der Waals surface area contributed by atoms with Crippen molar-refractivity contribution in [2.45, 2.75) is 11.5 Å². The van der Waals surface area contributed by atoms with Crippen molar-refractivity contribution >= 4 is 16.0 Å². The van der Waals surface area contributed by atoms with Crippen LogP contribution in [0.5, 0.6) is 0 Å². The number of rotatable bonds is 5. The average Bonchev–Trinajstić information content (AvgIpc) is 2.73. The molecule has 27 heavy (non-hydrogen) atoms. The minimum atomic E-state index is -3.68. The molecule has 140 valence electrons. The monoisotopic (exact) mass is 386 g/mol. The SMILES string of the molecule is N#Cc1ccc(COC(=O)c2cccc(S(=O)(=O)N3CCOCC3)c2)cc1. The lowest BCUT2D eigenvalue weighted by molar-refractivity contribution is 0.0472. The van der Waals surface area contributed by atoms with E-state index in [4.69, 9.17) is 14.7 Å². The van der Waals surface area contributed by atoms with Gasteiger partial charge in [0.2, 0.25) is 10.0 Å². The molecule has 0 atom stereocenters. The molecule has 8 heteroatoms. The first-order valence-corrected chi connectivity index (χ1v) is 9.79. The van der Waals surface area contributed by atoms with Gasteiger partial charge in [0.05, 0.1) is 35.3 Å². The number of ether oxygens (including phenoxy) is 2. The normalized spacial score (nSPS) is 15.1. The topological polar surface area (TPSA) is 96.7 Å². The van der Waals surface area contributed by atoms with Crippen molar-refractivity contribution in [2.24, 2.45) is 0 Å². The summed E-state index contributed by atoms with van der Waals surface area (Å²) in [4.78, 5) is 12.3. The second kappa shape index (κ2) is 8.31. The molecule has 0 spiro atoms. The van der Waals surface area contributed by atoms with Gasteiger partial charge in [0, 0.05) is 13.1 Å². The van der Waals surface area contributed by atoms with Gasteiger partial charge in [-0.3, -0.25) is 0 Å². The summed E-state index contributed by atoms with van der Waals surface area (Å²) in [5, 5.41) is 8.79. The molecule has 1 saturated heterocycles. The second-order valence-electron chi connectivity index (χ2n) is 5.93. The van der Waals surface area contributed by atoms with Gasteiger partial charge in [-0.2, -0.15) is 9.57 Å². The predicted octanol–water partition coefficient (Wildman–Crippen LogP) is 1.94. The molecule has 1 heterocycles. The Labute approximate surface area is 157 Å². The van der Waals surface area contributed by atoms with Crippen LogP contribution in [-0.2, 0) is 26.1 Å². The van der Waals surface area contributed by atoms with E-state index in [2.05, 4.69) is 0 Å². The van der Waals surface area contributed by atoms with Crippen LogP contribution in [0.3, 0.4) is 0 Å². The molecule has 0 aliphatic carbocycles. The predicted molar refractivity (Wildman–Crippen MR) is 96.3 cm³/mol. The highest BCUT2D eigenvalue weighted by Gasteiger charge is 2.27. The largest absolute Gasteiger partial charge is 0.457 e. The number of carbonyl (C=O) groups excluding carboxylic acids is 1. The number of carbonyl (C=O) groups is 1. The van der Waals surface area contributed by atoms with Crippen molar-refractivity contribution in [1.29, 1.82) is 5.26 Å². The van der Waals surface area contributed by atoms with E-state index in [1.54, 1.807) is 24.3 Å². The molecule has 1 fully saturated rings. The molecule has 0 saturated carbocycles. The smallest absolute Gasteiger partial charge is 0.338 e. The molecule has 0 unspecified atom stereocenters. The van der Waals surface area contributed by atoms with Crippen LogP contribution < -0.4 is 0 Å². The van der Waals surface area contributed by atoms with E-state index in [1.807, 2.05) is 6.07 Å². The van der Waals surface area contributed by atoms with Gasteiger partial charge in [-0.15, -0.1) is 0 Å². The number of esters is 1. The fourth-order valence-electron chi connectivity index (χ4n) is 2.63. The molecular formula is C19H18N2O5S. The fourth-order valence-corrected chi connectivity index (χ4v) is 4.08. The Morgan fingerprint density at radius 2 is 1.85 bits per heavy atom. The van der Waals surface area contributed by atoms with Gasteiger partial charge in [0.25, 0.3) is 0 Å². The molecule has 0 radical (unpaired) electrons. The lowest BCUT2D eigenvalue weighted by atomic mass is 10.1. The number of morpholine rings is 1. The van der Waals surface area contributed by atoms with Gasteiger partial charge in [-0.05, 0) is 35.9 Å². The molecule has 2 aromatic carbocycles. The van der Waals surface area contributed by atoms with Gasteiger partial charge < -0.3 is 9.47 Å². The molecule has 0 aromatic heterocycles. The van der Waals surface area contributed by atoms with E-state index in [0.717, 1.165) is 5.56 Å². The summed E-state index contributed by atoms with van der Waals surface area (Å²) in [5.41, 5.74) is 1.42. The lowest BCUT2D eigenvalue weighted by Gasteiger charge is -2.26. The summed E-state index contributed by atoms with van der Waals surface area (Å²) in [6.45, 7) is 1.31. The Balaban J connectivity index is 1.70. The maximum absolute atomic E-state index is 12.7. The third-order valence-corrected chi connectivity index (χ3v) is 6.03. The van der Waals surface area contributed by atoms with E-state index in [1.165, 1.54) is 28.6 Å². The Kier molecular flexibility index (Phi) is 5.86. The van der Waals surface area contributed by atoms with E-state index >= 15 is 0 Å². The van der Waals surface area contributed by atoms with Crippen LogP contribution in [-0.4, -0.2) is 45.0 Å². The third kappa shape index (κ3) is 4.52. The maximum Gasteiger partial charge on any atom is 0.338 e. The first kappa shape index (κ1) is 19.0. The molecule has 1 aliphatic heterocycles. The minimum absolute atomic E-state index is 0.0327. The van der Waals surface area contributed by atoms with Crippen LogP contribution in [0, 0.1) is 11.3 Å². The van der Waals surface area contributed by atoms with E-state index in [0.29, 0.717) is 18.8 Å². The fraction of sp³-hybridized carbons (Fsp3) is 0.263. The molecule has 1 aliphatic rings. The second-order valence-corrected chi connectivity index (χ2v) is 7.87. The van der Waals surface area contributed by atoms with Crippen LogP contribution in [0.25, 0.3) is 0 Å². The zero-order valence-electron chi connectivity index (χ0n) is 14.5. The van der Waals surface area contributed by atoms with Crippen molar-refractivity contribution in [3.8, 4) is 6.07 Å². The summed E-state index contributed by atoms with van der Waals surface area (Å²) in [7, 11) is -3.68. The van der Waals surface area contributed by atoms with Crippen LogP contribution in [0.15, 0.2) is 53.4 Å². The molecule has 0 bridgehead atoms. The van der Waals surface area contributed by atoms with Crippen LogP contribution in [0.2, 0.25) is 0 Å². The van der Waals surface area contributed by atoms with Crippen LogP contribution >= 0.6 is 0 Å². The summed E-state index contributed by atoms with van der Waals surface area (Å²) in [5.74, 6) is -0.613. The molecule has 0 N–H and O–H groups in total. The number of nitriles is 1. The summed E-state index contributed by atoms with van der Waals surface area (Å²) >= 11 is 0. The highest BCUT2D eigenvalue weighted by Crippen LogP contribution is 2.19. The average molecular weight is 386 g/mol. The van der Waals surface area contributed by atoms with Gasteiger partial charge in [-0.1, -0.05) is 18.2 Å². The minimum Gasteiger partial charge on any atom is -0.457 e. The van der Waals surface area contributed by atoms with E-state index < -0.39 is 16.0 Å². The molecule has 2 aromatic rings. The number of hydrogen-bond donors (Lipinski definition) is 0. The molecule has 0 amide bonds. The number of sulfonamides is 1. The number of benzene rings is 2. The zero-order valence-corrected chi connectivity index (χ0v) is 15.3. The van der Waals surface area contributed by atoms with Crippen molar-refractivity contribution < 1.29 is 22.7 Å². The Hall–Kier alpha value is -2.73. The lowest BCUT2D eigenvalue weighted by Crippen LogP contribution is -2.40. The Bertz CT molecular complexity index is 958. The number of nitrogens with zero attached hydrogens (tertiary/aromatic N) is 2. The first-order chi connectivity index (χ1) is 13.0. The Morgan fingerprint density at radius 3 is 2.52 bits per heavy atom. The Morgan fingerprint density at radius 1 is 1.15 bits per heavy atom. The molecule has 3 rings (SSSR count). The quantitative estimate of drug-likeness (QED) is 0.729. The van der Waals surface area contributed by atoms with Crippen molar-refractivity contribution in [2.75, 3.05) is 26.3 Å².